The van der Waals surface area contributed by atoms with Crippen LogP contribution in [-0.4, -0.2) is 23.8 Å². The molecule has 17 heavy (non-hydrogen) atoms. The van der Waals surface area contributed by atoms with Gasteiger partial charge in [0.15, 0.2) is 0 Å². The molecular formula is C12H21NO4. The smallest absolute Gasteiger partial charge is 0.428 e. The fourth-order valence-corrected chi connectivity index (χ4v) is 1.88. The zero-order valence-corrected chi connectivity index (χ0v) is 10.7. The molecule has 5 heteroatoms. The van der Waals surface area contributed by atoms with Gasteiger partial charge in [0, 0.05) is 6.04 Å². The van der Waals surface area contributed by atoms with Crippen LogP contribution in [0.1, 0.15) is 46.5 Å². The highest BCUT2D eigenvalue weighted by Crippen LogP contribution is 2.24. The fraction of sp³-hybridized carbons (Fsp3) is 0.833. The molecule has 0 aromatic rings. The van der Waals surface area contributed by atoms with E-state index in [1.54, 1.807) is 20.8 Å². The van der Waals surface area contributed by atoms with Gasteiger partial charge in [-0.25, -0.2) is 4.79 Å². The van der Waals surface area contributed by atoms with Crippen molar-refractivity contribution in [3.8, 4) is 0 Å². The molecule has 2 N–H and O–H groups in total. The lowest BCUT2D eigenvalue weighted by atomic mass is 9.85. The first-order chi connectivity index (χ1) is 7.79. The molecule has 0 aliphatic heterocycles. The van der Waals surface area contributed by atoms with Crippen molar-refractivity contribution in [3.05, 3.63) is 0 Å². The molecule has 0 aromatic heterocycles. The van der Waals surface area contributed by atoms with Crippen molar-refractivity contribution >= 4 is 12.1 Å². The molecule has 1 saturated carbocycles. The highest BCUT2D eigenvalue weighted by molar-refractivity contribution is 5.84. The molecule has 0 saturated heterocycles. The molecule has 1 aliphatic carbocycles. The number of rotatable bonds is 1. The van der Waals surface area contributed by atoms with Gasteiger partial charge in [0.05, 0.1) is 5.92 Å². The maximum Gasteiger partial charge on any atom is 0.516 e. The number of hydrogen-bond donors (Lipinski definition) is 1. The average Bonchev–Trinajstić information content (AvgIpc) is 2.14. The van der Waals surface area contributed by atoms with E-state index in [1.165, 1.54) is 0 Å². The number of esters is 1. The lowest BCUT2D eigenvalue weighted by Gasteiger charge is -2.26. The highest BCUT2D eigenvalue weighted by atomic mass is 16.7. The zero-order chi connectivity index (χ0) is 13.1. The van der Waals surface area contributed by atoms with E-state index < -0.39 is 17.7 Å². The van der Waals surface area contributed by atoms with E-state index in [1.807, 2.05) is 0 Å². The van der Waals surface area contributed by atoms with Crippen LogP contribution in [0.25, 0.3) is 0 Å². The molecule has 0 spiro atoms. The first-order valence-electron chi connectivity index (χ1n) is 6.00. The molecule has 0 heterocycles. The summed E-state index contributed by atoms with van der Waals surface area (Å²) < 4.78 is 9.57. The van der Waals surface area contributed by atoms with Crippen molar-refractivity contribution in [2.24, 2.45) is 11.7 Å². The Balaban J connectivity index is 2.45. The summed E-state index contributed by atoms with van der Waals surface area (Å²) in [4.78, 5) is 23.0. The zero-order valence-electron chi connectivity index (χ0n) is 10.7. The molecule has 0 unspecified atom stereocenters. The monoisotopic (exact) mass is 243 g/mol. The third-order valence-corrected chi connectivity index (χ3v) is 2.70. The second kappa shape index (κ2) is 5.49. The predicted molar refractivity (Wildman–Crippen MR) is 62.3 cm³/mol. The van der Waals surface area contributed by atoms with Gasteiger partial charge in [0.1, 0.15) is 5.60 Å². The molecule has 0 aromatic carbocycles. The van der Waals surface area contributed by atoms with Crippen molar-refractivity contribution in [2.75, 3.05) is 0 Å². The van der Waals surface area contributed by atoms with Crippen molar-refractivity contribution in [1.29, 1.82) is 0 Å². The first-order valence-corrected chi connectivity index (χ1v) is 6.00. The Morgan fingerprint density at radius 3 is 2.29 bits per heavy atom. The van der Waals surface area contributed by atoms with Crippen LogP contribution in [0.5, 0.6) is 0 Å². The molecule has 0 amide bonds. The molecule has 5 nitrogen and oxygen atoms in total. The van der Waals surface area contributed by atoms with E-state index in [2.05, 4.69) is 4.74 Å². The second-order valence-electron chi connectivity index (χ2n) is 5.44. The van der Waals surface area contributed by atoms with Crippen molar-refractivity contribution in [1.82, 2.24) is 0 Å². The normalized spacial score (nSPS) is 25.2. The van der Waals surface area contributed by atoms with Gasteiger partial charge < -0.3 is 15.2 Å². The fourth-order valence-electron chi connectivity index (χ4n) is 1.88. The minimum Gasteiger partial charge on any atom is -0.428 e. The topological polar surface area (TPSA) is 78.6 Å². The summed E-state index contributed by atoms with van der Waals surface area (Å²) in [6.45, 7) is 5.14. The maximum absolute atomic E-state index is 11.7. The van der Waals surface area contributed by atoms with E-state index in [9.17, 15) is 9.59 Å². The highest BCUT2D eigenvalue weighted by Gasteiger charge is 2.32. The van der Waals surface area contributed by atoms with Crippen LogP contribution in [0.3, 0.4) is 0 Å². The summed E-state index contributed by atoms with van der Waals surface area (Å²) in [6, 6.07) is -0.210. The molecule has 98 valence electrons. The predicted octanol–water partition coefficient (Wildman–Crippen LogP) is 1.98. The summed E-state index contributed by atoms with van der Waals surface area (Å²) in [7, 11) is 0. The third-order valence-electron chi connectivity index (χ3n) is 2.70. The van der Waals surface area contributed by atoms with E-state index in [0.29, 0.717) is 6.42 Å². The third kappa shape index (κ3) is 4.73. The maximum atomic E-state index is 11.7. The first kappa shape index (κ1) is 14.0. The van der Waals surface area contributed by atoms with Gasteiger partial charge in [-0.15, -0.1) is 0 Å². The number of ether oxygens (including phenoxy) is 2. The van der Waals surface area contributed by atoms with Gasteiger partial charge in [0.2, 0.25) is 0 Å². The minimum atomic E-state index is -0.944. The van der Waals surface area contributed by atoms with Gasteiger partial charge in [-0.3, -0.25) is 4.79 Å². The molecule has 0 bridgehead atoms. The van der Waals surface area contributed by atoms with Crippen molar-refractivity contribution in [2.45, 2.75) is 58.1 Å². The van der Waals surface area contributed by atoms with Crippen LogP contribution < -0.4 is 5.73 Å². The van der Waals surface area contributed by atoms with E-state index in [0.717, 1.165) is 19.3 Å². The number of carbonyl (C=O) groups excluding carboxylic acids is 2. The number of hydrogen-bond acceptors (Lipinski definition) is 5. The van der Waals surface area contributed by atoms with E-state index in [-0.39, 0.29) is 12.0 Å². The number of carbonyl (C=O) groups is 2. The largest absolute Gasteiger partial charge is 0.516 e. The summed E-state index contributed by atoms with van der Waals surface area (Å²) in [6.07, 6.45) is 2.51. The molecule has 2 atom stereocenters. The SMILES string of the molecule is CC(C)(C)OC(=O)OC(=O)[C@@H]1CCCC[C@@H]1N. The Morgan fingerprint density at radius 2 is 1.76 bits per heavy atom. The minimum absolute atomic E-state index is 0.210. The van der Waals surface area contributed by atoms with Crippen LogP contribution in [0.15, 0.2) is 0 Å². The molecule has 1 aliphatic rings. The Kier molecular flexibility index (Phi) is 4.51. The Bertz CT molecular complexity index is 295. The summed E-state index contributed by atoms with van der Waals surface area (Å²) in [5, 5.41) is 0. The van der Waals surface area contributed by atoms with Crippen molar-refractivity contribution in [3.63, 3.8) is 0 Å². The number of nitrogens with two attached hydrogens (primary N) is 1. The summed E-state index contributed by atoms with van der Waals surface area (Å²) in [5.41, 5.74) is 5.17. The Labute approximate surface area is 102 Å². The molecule has 0 radical (unpaired) electrons. The van der Waals surface area contributed by atoms with Gasteiger partial charge in [-0.2, -0.15) is 0 Å². The van der Waals surface area contributed by atoms with Crippen LogP contribution in [0.4, 0.5) is 4.79 Å². The van der Waals surface area contributed by atoms with E-state index in [4.69, 9.17) is 10.5 Å². The van der Waals surface area contributed by atoms with Crippen LogP contribution in [0, 0.1) is 5.92 Å². The molecule has 1 rings (SSSR count). The van der Waals surface area contributed by atoms with Gasteiger partial charge in [0.25, 0.3) is 0 Å². The lowest BCUT2D eigenvalue weighted by molar-refractivity contribution is -0.147. The lowest BCUT2D eigenvalue weighted by Crippen LogP contribution is -2.40. The van der Waals surface area contributed by atoms with Gasteiger partial charge in [-0.05, 0) is 33.6 Å². The van der Waals surface area contributed by atoms with Gasteiger partial charge >= 0.3 is 12.1 Å². The standard InChI is InChI=1S/C12H21NO4/c1-12(2,3)17-11(15)16-10(14)8-6-4-5-7-9(8)13/h8-9H,4-7,13H2,1-3H3/t8-,9+/m1/s1. The summed E-state index contributed by atoms with van der Waals surface area (Å²) >= 11 is 0. The van der Waals surface area contributed by atoms with Crippen LogP contribution in [-0.2, 0) is 14.3 Å². The van der Waals surface area contributed by atoms with Gasteiger partial charge in [-0.1, -0.05) is 12.8 Å². The Morgan fingerprint density at radius 1 is 1.18 bits per heavy atom. The second-order valence-corrected chi connectivity index (χ2v) is 5.44. The molecular weight excluding hydrogens is 222 g/mol. The average molecular weight is 243 g/mol. The van der Waals surface area contributed by atoms with Crippen molar-refractivity contribution < 1.29 is 19.1 Å². The van der Waals surface area contributed by atoms with Crippen LogP contribution in [0.2, 0.25) is 0 Å². The quantitative estimate of drug-likeness (QED) is 0.562. The Hall–Kier alpha value is -1.10. The van der Waals surface area contributed by atoms with Crippen LogP contribution >= 0.6 is 0 Å². The summed E-state index contributed by atoms with van der Waals surface area (Å²) in [5.74, 6) is -0.942. The molecule has 1 fully saturated rings. The van der Waals surface area contributed by atoms with E-state index >= 15 is 0 Å².